The number of hydrogen-bond donors (Lipinski definition) is 2. The van der Waals surface area contributed by atoms with Crippen LogP contribution in [0.3, 0.4) is 0 Å². The molecule has 1 aromatic heterocycles. The van der Waals surface area contributed by atoms with Gasteiger partial charge in [-0.05, 0) is 43.7 Å². The van der Waals surface area contributed by atoms with Crippen LogP contribution >= 0.6 is 24.0 Å². The molecule has 26 heavy (non-hydrogen) atoms. The molecule has 0 aliphatic carbocycles. The summed E-state index contributed by atoms with van der Waals surface area (Å²) in [5.41, 5.74) is 0.639. The summed E-state index contributed by atoms with van der Waals surface area (Å²) < 4.78 is 30.5. The van der Waals surface area contributed by atoms with Gasteiger partial charge in [0.2, 0.25) is 0 Å². The normalized spacial score (nSPS) is 16.8. The standard InChI is InChI=1S/C16H17ClF2N4O2.ClH/c17-12-8-10(3-4-14(12)25-16(18)19)21-15(24)13-5-7-23(22-13)11-2-1-6-20-9-11;/h3-5,7-8,11,16,20H,1-2,6,9H2,(H,21,24);1H. The molecule has 0 saturated carbocycles. The van der Waals surface area contributed by atoms with Crippen LogP contribution in [0.1, 0.15) is 29.4 Å². The summed E-state index contributed by atoms with van der Waals surface area (Å²) in [7, 11) is 0. The van der Waals surface area contributed by atoms with Crippen molar-refractivity contribution in [2.45, 2.75) is 25.5 Å². The van der Waals surface area contributed by atoms with Crippen LogP contribution in [0.15, 0.2) is 30.5 Å². The first-order chi connectivity index (χ1) is 12.0. The average Bonchev–Trinajstić information content (AvgIpc) is 3.08. The minimum atomic E-state index is -2.96. The van der Waals surface area contributed by atoms with Gasteiger partial charge in [-0.25, -0.2) is 0 Å². The second kappa shape index (κ2) is 9.16. The molecule has 1 aliphatic heterocycles. The number of ether oxygens (including phenoxy) is 1. The number of hydrogen-bond acceptors (Lipinski definition) is 4. The number of carbonyl (C=O) groups excluding carboxylic acids is 1. The Morgan fingerprint density at radius 3 is 2.88 bits per heavy atom. The van der Waals surface area contributed by atoms with Gasteiger partial charge in [-0.15, -0.1) is 12.4 Å². The molecule has 0 bridgehead atoms. The average molecular weight is 407 g/mol. The number of benzene rings is 1. The summed E-state index contributed by atoms with van der Waals surface area (Å²) >= 11 is 5.87. The quantitative estimate of drug-likeness (QED) is 0.793. The highest BCUT2D eigenvalue weighted by Gasteiger charge is 2.18. The number of nitrogens with one attached hydrogen (secondary N) is 2. The third-order valence-electron chi connectivity index (χ3n) is 3.89. The van der Waals surface area contributed by atoms with Gasteiger partial charge in [0, 0.05) is 18.4 Å². The van der Waals surface area contributed by atoms with Gasteiger partial charge in [0.05, 0.1) is 11.1 Å². The van der Waals surface area contributed by atoms with E-state index in [1.165, 1.54) is 18.2 Å². The van der Waals surface area contributed by atoms with E-state index in [1.54, 1.807) is 16.9 Å². The van der Waals surface area contributed by atoms with E-state index in [1.807, 2.05) is 0 Å². The summed E-state index contributed by atoms with van der Waals surface area (Å²) in [4.78, 5) is 12.3. The lowest BCUT2D eigenvalue weighted by atomic mass is 10.1. The molecule has 10 heteroatoms. The SMILES string of the molecule is Cl.O=C(Nc1ccc(OC(F)F)c(Cl)c1)c1ccn(C2CCCNC2)n1. The molecule has 0 spiro atoms. The Bertz CT molecular complexity index is 752. The summed E-state index contributed by atoms with van der Waals surface area (Å²) in [6.45, 7) is -1.14. The minimum Gasteiger partial charge on any atom is -0.433 e. The van der Waals surface area contributed by atoms with E-state index >= 15 is 0 Å². The van der Waals surface area contributed by atoms with Crippen molar-refractivity contribution < 1.29 is 18.3 Å². The van der Waals surface area contributed by atoms with Gasteiger partial charge in [-0.3, -0.25) is 9.48 Å². The Morgan fingerprint density at radius 2 is 2.23 bits per heavy atom. The maximum Gasteiger partial charge on any atom is 0.387 e. The molecule has 3 rings (SSSR count). The lowest BCUT2D eigenvalue weighted by molar-refractivity contribution is -0.0497. The molecule has 2 N–H and O–H groups in total. The van der Waals surface area contributed by atoms with Crippen molar-refractivity contribution in [3.05, 3.63) is 41.2 Å². The van der Waals surface area contributed by atoms with Crippen molar-refractivity contribution in [2.75, 3.05) is 18.4 Å². The van der Waals surface area contributed by atoms with Crippen molar-refractivity contribution in [3.63, 3.8) is 0 Å². The molecule has 1 unspecified atom stereocenters. The lowest BCUT2D eigenvalue weighted by Gasteiger charge is -2.22. The number of amides is 1. The molecule has 1 fully saturated rings. The van der Waals surface area contributed by atoms with Crippen LogP contribution in [0.4, 0.5) is 14.5 Å². The van der Waals surface area contributed by atoms with Crippen LogP contribution in [0.2, 0.25) is 5.02 Å². The first-order valence-electron chi connectivity index (χ1n) is 7.84. The molecule has 1 amide bonds. The maximum absolute atomic E-state index is 12.3. The topological polar surface area (TPSA) is 68.2 Å². The third kappa shape index (κ3) is 5.06. The second-order valence-corrected chi connectivity index (χ2v) is 6.07. The van der Waals surface area contributed by atoms with Crippen molar-refractivity contribution in [2.24, 2.45) is 0 Å². The molecule has 142 valence electrons. The van der Waals surface area contributed by atoms with Crippen LogP contribution in [-0.4, -0.2) is 35.4 Å². The van der Waals surface area contributed by atoms with Gasteiger partial charge >= 0.3 is 6.61 Å². The van der Waals surface area contributed by atoms with E-state index in [-0.39, 0.29) is 34.9 Å². The molecular weight excluding hydrogens is 389 g/mol. The number of anilines is 1. The van der Waals surface area contributed by atoms with Gasteiger partial charge in [0.1, 0.15) is 5.75 Å². The van der Waals surface area contributed by atoms with E-state index in [0.717, 1.165) is 25.9 Å². The molecule has 1 aliphatic rings. The van der Waals surface area contributed by atoms with Crippen LogP contribution in [0.5, 0.6) is 5.75 Å². The summed E-state index contributed by atoms with van der Waals surface area (Å²) in [5.74, 6) is -0.551. The van der Waals surface area contributed by atoms with Crippen molar-refractivity contribution in [3.8, 4) is 5.75 Å². The number of carbonyl (C=O) groups is 1. The number of aromatic nitrogens is 2. The first-order valence-corrected chi connectivity index (χ1v) is 8.22. The van der Waals surface area contributed by atoms with Crippen LogP contribution in [0, 0.1) is 0 Å². The zero-order valence-corrected chi connectivity index (χ0v) is 15.2. The molecule has 2 heterocycles. The van der Waals surface area contributed by atoms with Crippen LogP contribution < -0.4 is 15.4 Å². The van der Waals surface area contributed by atoms with E-state index in [9.17, 15) is 13.6 Å². The lowest BCUT2D eigenvalue weighted by Crippen LogP contribution is -2.32. The van der Waals surface area contributed by atoms with Crippen molar-refractivity contribution >= 4 is 35.6 Å². The number of halogens is 4. The minimum absolute atomic E-state index is 0. The first kappa shape index (κ1) is 20.4. The molecule has 1 aromatic carbocycles. The van der Waals surface area contributed by atoms with Crippen LogP contribution in [-0.2, 0) is 0 Å². The highest BCUT2D eigenvalue weighted by Crippen LogP contribution is 2.29. The van der Waals surface area contributed by atoms with E-state index in [0.29, 0.717) is 5.69 Å². The molecule has 6 nitrogen and oxygen atoms in total. The number of piperidine rings is 1. The molecule has 2 aromatic rings. The fourth-order valence-electron chi connectivity index (χ4n) is 2.69. The van der Waals surface area contributed by atoms with E-state index < -0.39 is 12.5 Å². The highest BCUT2D eigenvalue weighted by atomic mass is 35.5. The molecule has 1 saturated heterocycles. The highest BCUT2D eigenvalue weighted by molar-refractivity contribution is 6.32. The second-order valence-electron chi connectivity index (χ2n) is 5.66. The predicted molar refractivity (Wildman–Crippen MR) is 96.7 cm³/mol. The number of nitrogens with zero attached hydrogens (tertiary/aromatic N) is 2. The Kier molecular flexibility index (Phi) is 7.19. The Hall–Kier alpha value is -1.90. The smallest absolute Gasteiger partial charge is 0.387 e. The third-order valence-corrected chi connectivity index (χ3v) is 4.19. The summed E-state index contributed by atoms with van der Waals surface area (Å²) in [6.07, 6.45) is 3.85. The summed E-state index contributed by atoms with van der Waals surface area (Å²) in [6, 6.07) is 5.93. The fourth-order valence-corrected chi connectivity index (χ4v) is 2.91. The Balaban J connectivity index is 0.00000243. The van der Waals surface area contributed by atoms with Gasteiger partial charge in [-0.2, -0.15) is 13.9 Å². The van der Waals surface area contributed by atoms with Gasteiger partial charge < -0.3 is 15.4 Å². The Morgan fingerprint density at radius 1 is 1.42 bits per heavy atom. The van der Waals surface area contributed by atoms with Gasteiger partial charge in [-0.1, -0.05) is 11.6 Å². The van der Waals surface area contributed by atoms with E-state index in [4.69, 9.17) is 11.6 Å². The van der Waals surface area contributed by atoms with Crippen LogP contribution in [0.25, 0.3) is 0 Å². The maximum atomic E-state index is 12.3. The zero-order valence-electron chi connectivity index (χ0n) is 13.6. The largest absolute Gasteiger partial charge is 0.433 e. The fraction of sp³-hybridized carbons (Fsp3) is 0.375. The zero-order chi connectivity index (χ0) is 17.8. The monoisotopic (exact) mass is 406 g/mol. The number of rotatable bonds is 5. The molecular formula is C16H18Cl2F2N4O2. The summed E-state index contributed by atoms with van der Waals surface area (Å²) in [5, 5.41) is 10.2. The molecule has 1 atom stereocenters. The van der Waals surface area contributed by atoms with Crippen molar-refractivity contribution in [1.29, 1.82) is 0 Å². The van der Waals surface area contributed by atoms with E-state index in [2.05, 4.69) is 20.5 Å². The van der Waals surface area contributed by atoms with Gasteiger partial charge in [0.25, 0.3) is 5.91 Å². The number of alkyl halides is 2. The van der Waals surface area contributed by atoms with Gasteiger partial charge in [0.15, 0.2) is 5.69 Å². The Labute approximate surface area is 160 Å². The van der Waals surface area contributed by atoms with Crippen molar-refractivity contribution in [1.82, 2.24) is 15.1 Å². The molecule has 0 radical (unpaired) electrons. The predicted octanol–water partition coefficient (Wildman–Crippen LogP) is 3.74.